The fourth-order valence-electron chi connectivity index (χ4n) is 2.18. The van der Waals surface area contributed by atoms with Crippen LogP contribution < -0.4 is 4.74 Å². The topological polar surface area (TPSA) is 29.5 Å². The minimum atomic E-state index is -0.0458. The molecule has 0 spiro atoms. The van der Waals surface area contributed by atoms with Crippen LogP contribution in [0.3, 0.4) is 0 Å². The summed E-state index contributed by atoms with van der Waals surface area (Å²) in [5.41, 5.74) is 0.668. The summed E-state index contributed by atoms with van der Waals surface area (Å²) in [4.78, 5) is 14.1. The maximum Gasteiger partial charge on any atom is 0.234 e. The van der Waals surface area contributed by atoms with Gasteiger partial charge in [0.15, 0.2) is 5.76 Å². The van der Waals surface area contributed by atoms with Crippen LogP contribution in [0.4, 0.5) is 0 Å². The van der Waals surface area contributed by atoms with Crippen LogP contribution in [-0.4, -0.2) is 24.8 Å². The lowest BCUT2D eigenvalue weighted by molar-refractivity contribution is 0.101. The average molecular weight is 239 g/mol. The summed E-state index contributed by atoms with van der Waals surface area (Å²) in [6.07, 6.45) is 1.71. The number of Topliss-reactive ketones (excluding diaryl/α,β-unsaturated/α-hetero) is 1. The van der Waals surface area contributed by atoms with Crippen molar-refractivity contribution in [2.75, 3.05) is 14.1 Å². The van der Waals surface area contributed by atoms with Crippen molar-refractivity contribution in [2.45, 2.75) is 0 Å². The van der Waals surface area contributed by atoms with Gasteiger partial charge in [0, 0.05) is 20.3 Å². The summed E-state index contributed by atoms with van der Waals surface area (Å²) < 4.78 is 5.61. The van der Waals surface area contributed by atoms with Crippen LogP contribution in [0.2, 0.25) is 0 Å². The van der Waals surface area contributed by atoms with E-state index in [1.807, 2.05) is 50.5 Å². The van der Waals surface area contributed by atoms with E-state index < -0.39 is 0 Å². The molecule has 0 saturated heterocycles. The number of carbonyl (C=O) groups is 1. The summed E-state index contributed by atoms with van der Waals surface area (Å²) >= 11 is 0. The summed E-state index contributed by atoms with van der Waals surface area (Å²) in [6, 6.07) is 11.7. The highest BCUT2D eigenvalue weighted by molar-refractivity contribution is 6.19. The van der Waals surface area contributed by atoms with Crippen LogP contribution in [0.1, 0.15) is 10.4 Å². The first kappa shape index (κ1) is 10.8. The Morgan fingerprint density at radius 3 is 2.67 bits per heavy atom. The van der Waals surface area contributed by atoms with Crippen molar-refractivity contribution in [2.24, 2.45) is 0 Å². The molecule has 0 aliphatic carbocycles. The van der Waals surface area contributed by atoms with Gasteiger partial charge >= 0.3 is 0 Å². The van der Waals surface area contributed by atoms with E-state index in [9.17, 15) is 4.79 Å². The molecule has 1 aliphatic rings. The quantitative estimate of drug-likeness (QED) is 0.717. The number of ether oxygens (including phenoxy) is 1. The second-order valence-electron chi connectivity index (χ2n) is 4.55. The van der Waals surface area contributed by atoms with E-state index in [2.05, 4.69) is 0 Å². The minimum absolute atomic E-state index is 0.0458. The Bertz CT molecular complexity index is 671. The molecule has 0 unspecified atom stereocenters. The van der Waals surface area contributed by atoms with Gasteiger partial charge in [-0.3, -0.25) is 4.79 Å². The molecule has 0 saturated carbocycles. The number of ketones is 1. The molecule has 0 fully saturated rings. The standard InChI is InChI=1S/C15H13NO2/c1-16(2)9-13-15(17)14-11-6-4-3-5-10(11)7-8-12(14)18-13/h3-9H,1-2H3. The summed E-state index contributed by atoms with van der Waals surface area (Å²) in [7, 11) is 3.73. The van der Waals surface area contributed by atoms with Crippen LogP contribution in [0.15, 0.2) is 48.4 Å². The first-order valence-corrected chi connectivity index (χ1v) is 5.79. The van der Waals surface area contributed by atoms with Crippen molar-refractivity contribution in [3.05, 3.63) is 53.9 Å². The molecule has 2 aromatic carbocycles. The van der Waals surface area contributed by atoms with Gasteiger partial charge in [-0.05, 0) is 16.8 Å². The van der Waals surface area contributed by atoms with Crippen LogP contribution in [0, 0.1) is 0 Å². The molecule has 1 aliphatic heterocycles. The van der Waals surface area contributed by atoms with Crippen LogP contribution in [-0.2, 0) is 0 Å². The largest absolute Gasteiger partial charge is 0.451 e. The van der Waals surface area contributed by atoms with Crippen molar-refractivity contribution < 1.29 is 9.53 Å². The molecular formula is C15H13NO2. The Balaban J connectivity index is 2.22. The number of benzene rings is 2. The number of allylic oxidation sites excluding steroid dienone is 1. The van der Waals surface area contributed by atoms with Crippen molar-refractivity contribution in [1.82, 2.24) is 4.90 Å². The zero-order valence-electron chi connectivity index (χ0n) is 10.3. The van der Waals surface area contributed by atoms with Gasteiger partial charge in [0.1, 0.15) is 5.75 Å². The van der Waals surface area contributed by atoms with Crippen molar-refractivity contribution in [1.29, 1.82) is 0 Å². The van der Waals surface area contributed by atoms with Crippen molar-refractivity contribution in [3.63, 3.8) is 0 Å². The maximum atomic E-state index is 12.3. The number of fused-ring (bicyclic) bond motifs is 3. The van der Waals surface area contributed by atoms with Crippen LogP contribution in [0.5, 0.6) is 5.75 Å². The lowest BCUT2D eigenvalue weighted by atomic mass is 10.0. The van der Waals surface area contributed by atoms with Gasteiger partial charge < -0.3 is 9.64 Å². The van der Waals surface area contributed by atoms with E-state index in [4.69, 9.17) is 4.74 Å². The Morgan fingerprint density at radius 1 is 1.11 bits per heavy atom. The molecule has 0 bridgehead atoms. The van der Waals surface area contributed by atoms with E-state index in [1.165, 1.54) is 0 Å². The molecule has 0 atom stereocenters. The van der Waals surface area contributed by atoms with Crippen LogP contribution >= 0.6 is 0 Å². The SMILES string of the molecule is CN(C)C=C1Oc2ccc3ccccc3c2C1=O. The number of carbonyl (C=O) groups excluding carboxylic acids is 1. The van der Waals surface area contributed by atoms with E-state index in [-0.39, 0.29) is 5.78 Å². The molecule has 0 radical (unpaired) electrons. The Labute approximate surface area is 105 Å². The smallest absolute Gasteiger partial charge is 0.234 e. The molecule has 3 nitrogen and oxygen atoms in total. The monoisotopic (exact) mass is 239 g/mol. The molecule has 0 amide bonds. The molecular weight excluding hydrogens is 226 g/mol. The molecule has 1 heterocycles. The van der Waals surface area contributed by atoms with Crippen molar-refractivity contribution in [3.8, 4) is 5.75 Å². The normalized spacial score (nSPS) is 15.9. The predicted octanol–water partition coefficient (Wildman–Crippen LogP) is 2.82. The second-order valence-corrected chi connectivity index (χ2v) is 4.55. The fraction of sp³-hybridized carbons (Fsp3) is 0.133. The highest BCUT2D eigenvalue weighted by Gasteiger charge is 2.29. The summed E-state index contributed by atoms with van der Waals surface area (Å²) in [5.74, 6) is 0.980. The highest BCUT2D eigenvalue weighted by atomic mass is 16.5. The number of hydrogen-bond donors (Lipinski definition) is 0. The predicted molar refractivity (Wildman–Crippen MR) is 70.7 cm³/mol. The van der Waals surface area contributed by atoms with E-state index >= 15 is 0 Å². The number of hydrogen-bond acceptors (Lipinski definition) is 3. The van der Waals surface area contributed by atoms with Gasteiger partial charge in [0.05, 0.1) is 5.56 Å². The van der Waals surface area contributed by atoms with Gasteiger partial charge in [-0.15, -0.1) is 0 Å². The van der Waals surface area contributed by atoms with E-state index in [0.717, 1.165) is 10.8 Å². The molecule has 3 heteroatoms. The van der Waals surface area contributed by atoms with Gasteiger partial charge in [-0.2, -0.15) is 0 Å². The average Bonchev–Trinajstić information content (AvgIpc) is 2.66. The lowest BCUT2D eigenvalue weighted by Crippen LogP contribution is -2.08. The Hall–Kier alpha value is -2.29. The Morgan fingerprint density at radius 2 is 1.89 bits per heavy atom. The highest BCUT2D eigenvalue weighted by Crippen LogP contribution is 2.36. The van der Waals surface area contributed by atoms with Gasteiger partial charge in [0.25, 0.3) is 0 Å². The molecule has 0 aromatic heterocycles. The van der Waals surface area contributed by atoms with Crippen LogP contribution in [0.25, 0.3) is 10.8 Å². The lowest BCUT2D eigenvalue weighted by Gasteiger charge is -2.05. The second kappa shape index (κ2) is 3.88. The van der Waals surface area contributed by atoms with Gasteiger partial charge in [-0.25, -0.2) is 0 Å². The summed E-state index contributed by atoms with van der Waals surface area (Å²) in [5, 5.41) is 2.00. The van der Waals surface area contributed by atoms with Gasteiger partial charge in [0.2, 0.25) is 5.78 Å². The molecule has 18 heavy (non-hydrogen) atoms. The molecule has 2 aromatic rings. The minimum Gasteiger partial charge on any atom is -0.451 e. The zero-order chi connectivity index (χ0) is 12.7. The molecule has 90 valence electrons. The first-order valence-electron chi connectivity index (χ1n) is 5.79. The molecule has 0 N–H and O–H groups in total. The van der Waals surface area contributed by atoms with Gasteiger partial charge in [-0.1, -0.05) is 30.3 Å². The third-order valence-corrected chi connectivity index (χ3v) is 2.94. The Kier molecular flexibility index (Phi) is 2.33. The maximum absolute atomic E-state index is 12.3. The fourth-order valence-corrected chi connectivity index (χ4v) is 2.18. The zero-order valence-corrected chi connectivity index (χ0v) is 10.3. The first-order chi connectivity index (χ1) is 8.66. The van der Waals surface area contributed by atoms with E-state index in [0.29, 0.717) is 17.1 Å². The third kappa shape index (κ3) is 1.56. The summed E-state index contributed by atoms with van der Waals surface area (Å²) in [6.45, 7) is 0. The van der Waals surface area contributed by atoms with E-state index in [1.54, 1.807) is 11.1 Å². The number of nitrogens with zero attached hydrogens (tertiary/aromatic N) is 1. The number of rotatable bonds is 1. The third-order valence-electron chi connectivity index (χ3n) is 2.94. The molecule has 3 rings (SSSR count). The van der Waals surface area contributed by atoms with Crippen molar-refractivity contribution >= 4 is 16.6 Å².